The van der Waals surface area contributed by atoms with Crippen LogP contribution in [0.5, 0.6) is 0 Å². The lowest BCUT2D eigenvalue weighted by molar-refractivity contribution is 0.981. The zero-order valence-corrected chi connectivity index (χ0v) is 6.52. The molecule has 5 N–H and O–H groups in total. The van der Waals surface area contributed by atoms with Crippen molar-refractivity contribution in [2.75, 3.05) is 13.6 Å². The van der Waals surface area contributed by atoms with Crippen LogP contribution in [0.2, 0.25) is 0 Å². The molecule has 62 valence electrons. The van der Waals surface area contributed by atoms with E-state index in [4.69, 9.17) is 11.1 Å². The van der Waals surface area contributed by atoms with E-state index in [1.807, 2.05) is 0 Å². The average molecular weight is 155 g/mol. The highest BCUT2D eigenvalue weighted by Gasteiger charge is 1.93. The molecule has 0 bridgehead atoms. The summed E-state index contributed by atoms with van der Waals surface area (Å²) in [5.74, 6) is 0.333. The molecule has 0 aliphatic rings. The molecule has 0 radical (unpaired) electrons. The average Bonchev–Trinajstić information content (AvgIpc) is 1.97. The maximum atomic E-state index is 6.88. The molecule has 0 fully saturated rings. The van der Waals surface area contributed by atoms with Crippen LogP contribution < -0.4 is 16.4 Å². The van der Waals surface area contributed by atoms with Crippen molar-refractivity contribution in [3.63, 3.8) is 0 Å². The van der Waals surface area contributed by atoms with Gasteiger partial charge in [0.2, 0.25) is 0 Å². The van der Waals surface area contributed by atoms with E-state index in [0.29, 0.717) is 12.5 Å². The van der Waals surface area contributed by atoms with Crippen LogP contribution in [-0.2, 0) is 0 Å². The van der Waals surface area contributed by atoms with Gasteiger partial charge in [0.1, 0.15) is 0 Å². The van der Waals surface area contributed by atoms with E-state index >= 15 is 0 Å². The number of hydrogen-bond donors (Lipinski definition) is 4. The minimum atomic E-state index is -0.137. The van der Waals surface area contributed by atoms with Crippen molar-refractivity contribution in [2.24, 2.45) is 10.7 Å². The minimum absolute atomic E-state index is 0.137. The van der Waals surface area contributed by atoms with E-state index in [1.165, 1.54) is 0 Å². The molecule has 5 nitrogen and oxygen atoms in total. The molecule has 0 spiro atoms. The maximum Gasteiger partial charge on any atom is 0.198 e. The summed E-state index contributed by atoms with van der Waals surface area (Å²) in [6.07, 6.45) is 1.69. The van der Waals surface area contributed by atoms with Crippen molar-refractivity contribution in [2.45, 2.75) is 0 Å². The van der Waals surface area contributed by atoms with Gasteiger partial charge in [-0.1, -0.05) is 6.08 Å². The zero-order valence-electron chi connectivity index (χ0n) is 6.52. The van der Waals surface area contributed by atoms with Crippen LogP contribution >= 0.6 is 0 Å². The maximum absolute atomic E-state index is 6.88. The smallest absolute Gasteiger partial charge is 0.198 e. The summed E-state index contributed by atoms with van der Waals surface area (Å²) in [4.78, 5) is 3.79. The summed E-state index contributed by atoms with van der Waals surface area (Å²) in [5, 5.41) is 12.3. The molecule has 0 saturated carbocycles. The molecular weight excluding hydrogens is 142 g/mol. The highest BCUT2D eigenvalue weighted by molar-refractivity contribution is 5.96. The van der Waals surface area contributed by atoms with Crippen LogP contribution in [0.15, 0.2) is 17.6 Å². The molecule has 0 rings (SSSR count). The first-order chi connectivity index (χ1) is 5.20. The van der Waals surface area contributed by atoms with Crippen molar-refractivity contribution in [3.05, 3.63) is 12.7 Å². The summed E-state index contributed by atoms with van der Waals surface area (Å²) in [7, 11) is 1.60. The highest BCUT2D eigenvalue weighted by Crippen LogP contribution is 1.66. The van der Waals surface area contributed by atoms with Gasteiger partial charge in [0.15, 0.2) is 11.9 Å². The fourth-order valence-corrected chi connectivity index (χ4v) is 0.476. The predicted octanol–water partition coefficient (Wildman–Crippen LogP) is -0.769. The van der Waals surface area contributed by atoms with E-state index in [2.05, 4.69) is 22.2 Å². The van der Waals surface area contributed by atoms with Gasteiger partial charge in [-0.05, 0) is 0 Å². The second-order valence-corrected chi connectivity index (χ2v) is 1.78. The molecule has 0 heterocycles. The molecule has 0 saturated heterocycles. The number of hydrogen-bond acceptors (Lipinski definition) is 2. The van der Waals surface area contributed by atoms with Gasteiger partial charge >= 0.3 is 0 Å². The molecular formula is C6H13N5. The second-order valence-electron chi connectivity index (χ2n) is 1.78. The van der Waals surface area contributed by atoms with E-state index in [9.17, 15) is 0 Å². The van der Waals surface area contributed by atoms with Gasteiger partial charge in [-0.15, -0.1) is 6.58 Å². The summed E-state index contributed by atoms with van der Waals surface area (Å²) < 4.78 is 0. The van der Waals surface area contributed by atoms with Crippen LogP contribution in [0.4, 0.5) is 0 Å². The Morgan fingerprint density at radius 3 is 2.82 bits per heavy atom. The highest BCUT2D eigenvalue weighted by atomic mass is 15.2. The number of aliphatic imine (C=N–C) groups is 1. The number of guanidine groups is 2. The van der Waals surface area contributed by atoms with Gasteiger partial charge < -0.3 is 11.1 Å². The number of nitrogens with two attached hydrogens (primary N) is 1. The normalized spacial score (nSPS) is 10.5. The Kier molecular flexibility index (Phi) is 4.55. The second kappa shape index (κ2) is 5.28. The van der Waals surface area contributed by atoms with E-state index in [1.54, 1.807) is 13.1 Å². The quantitative estimate of drug-likeness (QED) is 0.240. The van der Waals surface area contributed by atoms with Crippen molar-refractivity contribution in [3.8, 4) is 0 Å². The number of nitrogens with zero attached hydrogens (tertiary/aromatic N) is 1. The SMILES string of the molecule is C=CCNC(=NC)NC(=N)N. The Hall–Kier alpha value is -1.52. The summed E-state index contributed by atoms with van der Waals surface area (Å²) in [6, 6.07) is 0. The van der Waals surface area contributed by atoms with Crippen LogP contribution in [0, 0.1) is 5.41 Å². The van der Waals surface area contributed by atoms with Crippen molar-refractivity contribution in [1.29, 1.82) is 5.41 Å². The van der Waals surface area contributed by atoms with Gasteiger partial charge in [-0.2, -0.15) is 0 Å². The predicted molar refractivity (Wildman–Crippen MR) is 46.6 cm³/mol. The standard InChI is InChI=1S/C6H13N5/c1-3-4-10-6(9-2)11-5(7)8/h3H,1,4H2,2H3,(H5,7,8,9,10,11). The first kappa shape index (κ1) is 9.48. The zero-order chi connectivity index (χ0) is 8.69. The van der Waals surface area contributed by atoms with E-state index < -0.39 is 0 Å². The lowest BCUT2D eigenvalue weighted by Crippen LogP contribution is -2.43. The third-order valence-corrected chi connectivity index (χ3v) is 0.891. The molecule has 0 aromatic heterocycles. The first-order valence-corrected chi connectivity index (χ1v) is 3.13. The summed E-state index contributed by atoms with van der Waals surface area (Å²) in [6.45, 7) is 4.11. The molecule has 0 aromatic rings. The molecule has 11 heavy (non-hydrogen) atoms. The van der Waals surface area contributed by atoms with E-state index in [0.717, 1.165) is 0 Å². The Morgan fingerprint density at radius 1 is 1.82 bits per heavy atom. The van der Waals surface area contributed by atoms with Gasteiger partial charge in [0.25, 0.3) is 0 Å². The van der Waals surface area contributed by atoms with Crippen LogP contribution in [0.3, 0.4) is 0 Å². The molecule has 0 aliphatic carbocycles. The topological polar surface area (TPSA) is 86.3 Å². The molecule has 5 heteroatoms. The Balaban J connectivity index is 3.77. The van der Waals surface area contributed by atoms with Gasteiger partial charge in [-0.3, -0.25) is 15.7 Å². The molecule has 0 aromatic carbocycles. The Bertz CT molecular complexity index is 172. The molecule has 0 aliphatic heterocycles. The summed E-state index contributed by atoms with van der Waals surface area (Å²) >= 11 is 0. The number of nitrogens with one attached hydrogen (secondary N) is 3. The lowest BCUT2D eigenvalue weighted by atomic mass is 10.6. The molecule has 0 amide bonds. The van der Waals surface area contributed by atoms with Crippen molar-refractivity contribution in [1.82, 2.24) is 10.6 Å². The monoisotopic (exact) mass is 155 g/mol. The largest absolute Gasteiger partial charge is 0.370 e. The van der Waals surface area contributed by atoms with Gasteiger partial charge in [0.05, 0.1) is 0 Å². The number of rotatable bonds is 2. The van der Waals surface area contributed by atoms with Crippen molar-refractivity contribution < 1.29 is 0 Å². The van der Waals surface area contributed by atoms with Crippen LogP contribution in [-0.4, -0.2) is 25.5 Å². The summed E-state index contributed by atoms with van der Waals surface area (Å²) in [5.41, 5.74) is 5.07. The van der Waals surface area contributed by atoms with Gasteiger partial charge in [-0.25, -0.2) is 0 Å². The Labute approximate surface area is 65.9 Å². The van der Waals surface area contributed by atoms with Crippen LogP contribution in [0.1, 0.15) is 0 Å². The molecule has 0 atom stereocenters. The van der Waals surface area contributed by atoms with Crippen molar-refractivity contribution >= 4 is 11.9 Å². The third kappa shape index (κ3) is 4.95. The molecule has 0 unspecified atom stereocenters. The first-order valence-electron chi connectivity index (χ1n) is 3.13. The fourth-order valence-electron chi connectivity index (χ4n) is 0.476. The minimum Gasteiger partial charge on any atom is -0.370 e. The van der Waals surface area contributed by atoms with Gasteiger partial charge in [0, 0.05) is 13.6 Å². The fraction of sp³-hybridized carbons (Fsp3) is 0.333. The van der Waals surface area contributed by atoms with E-state index in [-0.39, 0.29) is 5.96 Å². The van der Waals surface area contributed by atoms with Crippen LogP contribution in [0.25, 0.3) is 0 Å². The lowest BCUT2D eigenvalue weighted by Gasteiger charge is -2.07. The Morgan fingerprint density at radius 2 is 2.45 bits per heavy atom. The third-order valence-electron chi connectivity index (χ3n) is 0.891.